The summed E-state index contributed by atoms with van der Waals surface area (Å²) in [4.78, 5) is 12.2. The topological polar surface area (TPSA) is 81.9 Å². The van der Waals surface area contributed by atoms with Crippen LogP contribution in [-0.2, 0) is 4.79 Å². The van der Waals surface area contributed by atoms with Crippen LogP contribution >= 0.6 is 0 Å². The lowest BCUT2D eigenvalue weighted by molar-refractivity contribution is -0.122. The van der Waals surface area contributed by atoms with E-state index in [1.165, 1.54) is 11.0 Å². The molecule has 0 aliphatic rings. The molecule has 3 aromatic rings. The fourth-order valence-electron chi connectivity index (χ4n) is 2.12. The van der Waals surface area contributed by atoms with Crippen molar-refractivity contribution in [1.29, 1.82) is 0 Å². The average Bonchev–Trinajstić information content (AvgIpc) is 3.12. The van der Waals surface area contributed by atoms with Gasteiger partial charge in [-0.15, -0.1) is 5.10 Å². The number of anilines is 1. The molecular formula is C17H17N5O2. The lowest BCUT2D eigenvalue weighted by atomic mass is 10.2. The van der Waals surface area contributed by atoms with Crippen molar-refractivity contribution in [3.63, 3.8) is 0 Å². The molecule has 7 nitrogen and oxygen atoms in total. The number of hydrogen-bond donors (Lipinski definition) is 1. The van der Waals surface area contributed by atoms with Crippen LogP contribution < -0.4 is 10.1 Å². The van der Waals surface area contributed by atoms with E-state index in [1.807, 2.05) is 43.3 Å². The van der Waals surface area contributed by atoms with Crippen LogP contribution in [0.3, 0.4) is 0 Å². The third kappa shape index (κ3) is 3.75. The molecule has 1 amide bonds. The second-order valence-corrected chi connectivity index (χ2v) is 5.37. The fraction of sp³-hybridized carbons (Fsp3) is 0.176. The van der Waals surface area contributed by atoms with Gasteiger partial charge in [0.05, 0.1) is 5.69 Å². The molecule has 1 unspecified atom stereocenters. The molecule has 0 aliphatic carbocycles. The van der Waals surface area contributed by atoms with E-state index in [4.69, 9.17) is 4.74 Å². The van der Waals surface area contributed by atoms with Crippen LogP contribution in [-0.4, -0.2) is 32.2 Å². The smallest absolute Gasteiger partial charge is 0.265 e. The third-order valence-electron chi connectivity index (χ3n) is 3.43. The van der Waals surface area contributed by atoms with Gasteiger partial charge in [-0.25, -0.2) is 4.68 Å². The van der Waals surface area contributed by atoms with Crippen LogP contribution in [0.15, 0.2) is 54.9 Å². The first-order valence-electron chi connectivity index (χ1n) is 7.49. The molecule has 122 valence electrons. The van der Waals surface area contributed by atoms with E-state index in [-0.39, 0.29) is 5.91 Å². The number of hydrogen-bond acceptors (Lipinski definition) is 5. The summed E-state index contributed by atoms with van der Waals surface area (Å²) < 4.78 is 7.23. The van der Waals surface area contributed by atoms with E-state index in [0.717, 1.165) is 16.9 Å². The summed E-state index contributed by atoms with van der Waals surface area (Å²) in [6, 6.07) is 14.8. The Labute approximate surface area is 139 Å². The van der Waals surface area contributed by atoms with Crippen LogP contribution in [0.2, 0.25) is 0 Å². The number of rotatable bonds is 5. The Bertz CT molecular complexity index is 815. The molecule has 1 atom stereocenters. The van der Waals surface area contributed by atoms with E-state index >= 15 is 0 Å². The van der Waals surface area contributed by atoms with Crippen molar-refractivity contribution in [3.05, 3.63) is 60.4 Å². The summed E-state index contributed by atoms with van der Waals surface area (Å²) in [5, 5.41) is 13.9. The molecule has 0 aliphatic heterocycles. The summed E-state index contributed by atoms with van der Waals surface area (Å²) in [5.41, 5.74) is 2.63. The van der Waals surface area contributed by atoms with Crippen molar-refractivity contribution in [2.24, 2.45) is 0 Å². The number of nitrogens with one attached hydrogen (secondary N) is 1. The Kier molecular flexibility index (Phi) is 4.51. The molecule has 7 heteroatoms. The Morgan fingerprint density at radius 2 is 2.00 bits per heavy atom. The number of aromatic nitrogens is 4. The Hall–Kier alpha value is -3.22. The highest BCUT2D eigenvalue weighted by atomic mass is 16.5. The summed E-state index contributed by atoms with van der Waals surface area (Å²) >= 11 is 0. The number of carbonyl (C=O) groups excluding carboxylic acids is 1. The zero-order valence-electron chi connectivity index (χ0n) is 13.4. The van der Waals surface area contributed by atoms with Gasteiger partial charge in [-0.2, -0.15) is 0 Å². The zero-order chi connectivity index (χ0) is 16.9. The highest BCUT2D eigenvalue weighted by Gasteiger charge is 2.15. The standard InChI is InChI=1S/C17H17N5O2/c1-12-6-8-14(9-7-12)19-17(23)13(2)24-16-5-3-4-15(10-16)22-11-18-20-21-22/h3-11,13H,1-2H3,(H,19,23). The van der Waals surface area contributed by atoms with E-state index in [0.29, 0.717) is 5.75 Å². The molecular weight excluding hydrogens is 306 g/mol. The monoisotopic (exact) mass is 323 g/mol. The predicted octanol–water partition coefficient (Wildman–Crippen LogP) is 2.38. The molecule has 1 aromatic heterocycles. The van der Waals surface area contributed by atoms with Gasteiger partial charge in [-0.1, -0.05) is 23.8 Å². The molecule has 0 spiro atoms. The van der Waals surface area contributed by atoms with Gasteiger partial charge in [0.2, 0.25) is 0 Å². The van der Waals surface area contributed by atoms with Gasteiger partial charge in [0.15, 0.2) is 6.10 Å². The minimum absolute atomic E-state index is 0.216. The van der Waals surface area contributed by atoms with Crippen LogP contribution in [0.5, 0.6) is 5.75 Å². The molecule has 1 N–H and O–H groups in total. The lowest BCUT2D eigenvalue weighted by Gasteiger charge is -2.15. The Morgan fingerprint density at radius 1 is 1.21 bits per heavy atom. The van der Waals surface area contributed by atoms with Gasteiger partial charge in [-0.05, 0) is 48.5 Å². The minimum Gasteiger partial charge on any atom is -0.481 e. The molecule has 24 heavy (non-hydrogen) atoms. The zero-order valence-corrected chi connectivity index (χ0v) is 13.4. The summed E-state index contributed by atoms with van der Waals surface area (Å²) in [6.45, 7) is 3.70. The Morgan fingerprint density at radius 3 is 2.71 bits per heavy atom. The van der Waals surface area contributed by atoms with Gasteiger partial charge in [0, 0.05) is 11.8 Å². The van der Waals surface area contributed by atoms with E-state index < -0.39 is 6.10 Å². The molecule has 0 bridgehead atoms. The lowest BCUT2D eigenvalue weighted by Crippen LogP contribution is -2.30. The maximum atomic E-state index is 12.2. The SMILES string of the molecule is Cc1ccc(NC(=O)C(C)Oc2cccc(-n3cnnn3)c2)cc1. The highest BCUT2D eigenvalue weighted by molar-refractivity contribution is 5.94. The number of tetrazole rings is 1. The maximum absolute atomic E-state index is 12.2. The van der Waals surface area contributed by atoms with Crippen LogP contribution in [0, 0.1) is 6.92 Å². The molecule has 3 rings (SSSR count). The number of nitrogens with zero attached hydrogens (tertiary/aromatic N) is 4. The first-order chi connectivity index (χ1) is 11.6. The Balaban J connectivity index is 1.65. The molecule has 0 fully saturated rings. The number of benzene rings is 2. The second-order valence-electron chi connectivity index (χ2n) is 5.37. The van der Waals surface area contributed by atoms with Gasteiger partial charge in [0.25, 0.3) is 5.91 Å². The first-order valence-corrected chi connectivity index (χ1v) is 7.49. The van der Waals surface area contributed by atoms with Crippen molar-refractivity contribution in [3.8, 4) is 11.4 Å². The van der Waals surface area contributed by atoms with Crippen molar-refractivity contribution in [2.45, 2.75) is 20.0 Å². The van der Waals surface area contributed by atoms with Crippen LogP contribution in [0.25, 0.3) is 5.69 Å². The summed E-state index contributed by atoms with van der Waals surface area (Å²) in [5.74, 6) is 0.348. The molecule has 0 saturated carbocycles. The molecule has 0 saturated heterocycles. The number of ether oxygens (including phenoxy) is 1. The molecule has 1 heterocycles. The van der Waals surface area contributed by atoms with Gasteiger partial charge < -0.3 is 10.1 Å². The largest absolute Gasteiger partial charge is 0.481 e. The van der Waals surface area contributed by atoms with Crippen molar-refractivity contribution >= 4 is 11.6 Å². The number of amides is 1. The van der Waals surface area contributed by atoms with Crippen LogP contribution in [0.1, 0.15) is 12.5 Å². The van der Waals surface area contributed by atoms with Crippen molar-refractivity contribution in [2.75, 3.05) is 5.32 Å². The van der Waals surface area contributed by atoms with Crippen LogP contribution in [0.4, 0.5) is 5.69 Å². The van der Waals surface area contributed by atoms with E-state index in [9.17, 15) is 4.79 Å². The summed E-state index contributed by atoms with van der Waals surface area (Å²) in [6.07, 6.45) is 0.850. The van der Waals surface area contributed by atoms with Crippen molar-refractivity contribution < 1.29 is 9.53 Å². The maximum Gasteiger partial charge on any atom is 0.265 e. The molecule has 2 aromatic carbocycles. The third-order valence-corrected chi connectivity index (χ3v) is 3.43. The number of aryl methyl sites for hydroxylation is 1. The van der Waals surface area contributed by atoms with Gasteiger partial charge in [0.1, 0.15) is 12.1 Å². The van der Waals surface area contributed by atoms with Gasteiger partial charge in [-0.3, -0.25) is 4.79 Å². The summed E-state index contributed by atoms with van der Waals surface area (Å²) in [7, 11) is 0. The molecule has 0 radical (unpaired) electrons. The number of carbonyl (C=O) groups is 1. The predicted molar refractivity (Wildman–Crippen MR) is 89.1 cm³/mol. The van der Waals surface area contributed by atoms with E-state index in [2.05, 4.69) is 20.8 Å². The van der Waals surface area contributed by atoms with Crippen molar-refractivity contribution in [1.82, 2.24) is 20.2 Å². The quantitative estimate of drug-likeness (QED) is 0.779. The van der Waals surface area contributed by atoms with E-state index in [1.54, 1.807) is 19.1 Å². The second kappa shape index (κ2) is 6.91. The fourth-order valence-corrected chi connectivity index (χ4v) is 2.12. The average molecular weight is 323 g/mol. The normalized spacial score (nSPS) is 11.8. The highest BCUT2D eigenvalue weighted by Crippen LogP contribution is 2.18. The first kappa shape index (κ1) is 15.7. The minimum atomic E-state index is -0.643. The van der Waals surface area contributed by atoms with Gasteiger partial charge >= 0.3 is 0 Å².